The summed E-state index contributed by atoms with van der Waals surface area (Å²) in [5, 5.41) is 8.73. The summed E-state index contributed by atoms with van der Waals surface area (Å²) in [6.07, 6.45) is 1.40. The Morgan fingerprint density at radius 2 is 1.96 bits per heavy atom. The standard InChI is InChI=1S/C18H21FN2O4/c1-18(2,17(23)20-24)8-9-21-11-15(19)14(10-16(21)22)12-4-6-13(25-3)7-5-12/h4-7,10-11,24H,8-9H2,1-3H3,(H,20,23). The number of benzene rings is 1. The second kappa shape index (κ2) is 7.48. The van der Waals surface area contributed by atoms with Crippen LogP contribution in [-0.2, 0) is 11.3 Å². The van der Waals surface area contributed by atoms with Gasteiger partial charge in [-0.2, -0.15) is 0 Å². The van der Waals surface area contributed by atoms with Crippen molar-refractivity contribution in [2.75, 3.05) is 7.11 Å². The average molecular weight is 348 g/mol. The maximum absolute atomic E-state index is 14.4. The molecular formula is C18H21FN2O4. The Labute approximate surface area is 144 Å². The largest absolute Gasteiger partial charge is 0.497 e. The minimum Gasteiger partial charge on any atom is -0.497 e. The number of nitrogens with one attached hydrogen (secondary N) is 1. The zero-order valence-electron chi connectivity index (χ0n) is 14.4. The molecule has 0 saturated heterocycles. The van der Waals surface area contributed by atoms with Crippen LogP contribution in [0.3, 0.4) is 0 Å². The van der Waals surface area contributed by atoms with Crippen LogP contribution in [0.2, 0.25) is 0 Å². The molecule has 0 radical (unpaired) electrons. The number of aromatic nitrogens is 1. The van der Waals surface area contributed by atoms with Gasteiger partial charge in [0.25, 0.3) is 5.56 Å². The molecule has 2 rings (SSSR count). The number of pyridine rings is 1. The van der Waals surface area contributed by atoms with Gasteiger partial charge in [-0.25, -0.2) is 9.87 Å². The predicted octanol–water partition coefficient (Wildman–Crippen LogP) is 2.58. The number of halogens is 1. The SMILES string of the molecule is COc1ccc(-c2cc(=O)n(CCC(C)(C)C(=O)NO)cc2F)cc1. The molecular weight excluding hydrogens is 327 g/mol. The molecule has 0 aliphatic rings. The number of carbonyl (C=O) groups is 1. The molecule has 2 N–H and O–H groups in total. The summed E-state index contributed by atoms with van der Waals surface area (Å²) < 4.78 is 20.7. The molecule has 0 atom stereocenters. The Balaban J connectivity index is 2.25. The first-order valence-corrected chi connectivity index (χ1v) is 7.77. The maximum atomic E-state index is 14.4. The Morgan fingerprint density at radius 3 is 2.52 bits per heavy atom. The van der Waals surface area contributed by atoms with E-state index in [2.05, 4.69) is 0 Å². The van der Waals surface area contributed by atoms with Crippen LogP contribution in [0.5, 0.6) is 5.75 Å². The summed E-state index contributed by atoms with van der Waals surface area (Å²) in [7, 11) is 1.54. The molecule has 0 fully saturated rings. The minimum absolute atomic E-state index is 0.152. The zero-order chi connectivity index (χ0) is 18.6. The minimum atomic E-state index is -0.890. The first kappa shape index (κ1) is 18.7. The van der Waals surface area contributed by atoms with E-state index in [1.54, 1.807) is 43.6 Å². The summed E-state index contributed by atoms with van der Waals surface area (Å²) in [5.74, 6) is -0.452. The third-order valence-corrected chi connectivity index (χ3v) is 4.17. The number of hydroxylamine groups is 1. The number of hydrogen-bond donors (Lipinski definition) is 2. The van der Waals surface area contributed by atoms with E-state index in [0.717, 1.165) is 6.20 Å². The van der Waals surface area contributed by atoms with Gasteiger partial charge in [-0.1, -0.05) is 26.0 Å². The molecule has 1 heterocycles. The van der Waals surface area contributed by atoms with Crippen LogP contribution in [0, 0.1) is 11.2 Å². The van der Waals surface area contributed by atoms with Gasteiger partial charge >= 0.3 is 0 Å². The number of amides is 1. The van der Waals surface area contributed by atoms with Crippen LogP contribution in [0.1, 0.15) is 20.3 Å². The second-order valence-electron chi connectivity index (χ2n) is 6.37. The van der Waals surface area contributed by atoms with E-state index in [0.29, 0.717) is 11.3 Å². The van der Waals surface area contributed by atoms with Crippen molar-refractivity contribution in [3.8, 4) is 16.9 Å². The highest BCUT2D eigenvalue weighted by atomic mass is 19.1. The van der Waals surface area contributed by atoms with Gasteiger partial charge in [0.15, 0.2) is 0 Å². The quantitative estimate of drug-likeness (QED) is 0.621. The Hall–Kier alpha value is -2.67. The molecule has 7 heteroatoms. The molecule has 0 spiro atoms. The van der Waals surface area contributed by atoms with Gasteiger partial charge in [0.05, 0.1) is 7.11 Å². The molecule has 25 heavy (non-hydrogen) atoms. The normalized spacial score (nSPS) is 11.2. The molecule has 0 aliphatic carbocycles. The predicted molar refractivity (Wildman–Crippen MR) is 91.0 cm³/mol. The molecule has 1 amide bonds. The summed E-state index contributed by atoms with van der Waals surface area (Å²) in [6, 6.07) is 7.97. The highest BCUT2D eigenvalue weighted by Crippen LogP contribution is 2.25. The van der Waals surface area contributed by atoms with Gasteiger partial charge in [0.2, 0.25) is 5.91 Å². The van der Waals surface area contributed by atoms with Crippen LogP contribution >= 0.6 is 0 Å². The number of aryl methyl sites for hydroxylation is 1. The van der Waals surface area contributed by atoms with Gasteiger partial charge in [-0.05, 0) is 24.1 Å². The van der Waals surface area contributed by atoms with E-state index in [9.17, 15) is 14.0 Å². The van der Waals surface area contributed by atoms with E-state index >= 15 is 0 Å². The Bertz CT molecular complexity index is 813. The summed E-state index contributed by atoms with van der Waals surface area (Å²) in [6.45, 7) is 3.41. The first-order chi connectivity index (χ1) is 11.8. The van der Waals surface area contributed by atoms with Crippen molar-refractivity contribution in [2.24, 2.45) is 5.41 Å². The van der Waals surface area contributed by atoms with Crippen molar-refractivity contribution >= 4 is 5.91 Å². The van der Waals surface area contributed by atoms with Gasteiger partial charge in [0, 0.05) is 29.8 Å². The number of rotatable bonds is 6. The van der Waals surface area contributed by atoms with Crippen molar-refractivity contribution in [2.45, 2.75) is 26.8 Å². The number of nitrogens with zero attached hydrogens (tertiary/aromatic N) is 1. The van der Waals surface area contributed by atoms with Crippen LogP contribution in [0.4, 0.5) is 4.39 Å². The second-order valence-corrected chi connectivity index (χ2v) is 6.37. The van der Waals surface area contributed by atoms with E-state index < -0.39 is 17.1 Å². The van der Waals surface area contributed by atoms with Crippen LogP contribution in [-0.4, -0.2) is 22.8 Å². The lowest BCUT2D eigenvalue weighted by atomic mass is 9.88. The third-order valence-electron chi connectivity index (χ3n) is 4.17. The lowest BCUT2D eigenvalue weighted by molar-refractivity contribution is -0.138. The van der Waals surface area contributed by atoms with E-state index in [1.165, 1.54) is 17.7 Å². The highest BCUT2D eigenvalue weighted by molar-refractivity contribution is 5.80. The third kappa shape index (κ3) is 4.24. The molecule has 1 aromatic heterocycles. The fourth-order valence-electron chi connectivity index (χ4n) is 2.38. The molecule has 0 aliphatic heterocycles. The molecule has 6 nitrogen and oxygen atoms in total. The molecule has 0 bridgehead atoms. The fourth-order valence-corrected chi connectivity index (χ4v) is 2.38. The number of methoxy groups -OCH3 is 1. The summed E-state index contributed by atoms with van der Waals surface area (Å²) in [5.41, 5.74) is 1.12. The highest BCUT2D eigenvalue weighted by Gasteiger charge is 2.27. The number of hydrogen-bond acceptors (Lipinski definition) is 4. The Kier molecular flexibility index (Phi) is 5.58. The van der Waals surface area contributed by atoms with Gasteiger partial charge in [-0.3, -0.25) is 14.8 Å². The van der Waals surface area contributed by atoms with Gasteiger partial charge in [0.1, 0.15) is 11.6 Å². The van der Waals surface area contributed by atoms with Crippen molar-refractivity contribution in [3.05, 3.63) is 52.7 Å². The van der Waals surface area contributed by atoms with Gasteiger partial charge in [-0.15, -0.1) is 0 Å². The van der Waals surface area contributed by atoms with Crippen LogP contribution in [0.25, 0.3) is 11.1 Å². The van der Waals surface area contributed by atoms with Crippen molar-refractivity contribution in [1.29, 1.82) is 0 Å². The lowest BCUT2D eigenvalue weighted by Gasteiger charge is -2.22. The molecule has 0 unspecified atom stereocenters. The van der Waals surface area contributed by atoms with E-state index in [-0.39, 0.29) is 24.1 Å². The summed E-state index contributed by atoms with van der Waals surface area (Å²) >= 11 is 0. The smallest absolute Gasteiger partial charge is 0.251 e. The molecule has 0 saturated carbocycles. The lowest BCUT2D eigenvalue weighted by Crippen LogP contribution is -2.36. The number of carbonyl (C=O) groups excluding carboxylic acids is 1. The van der Waals surface area contributed by atoms with E-state index in [4.69, 9.17) is 9.94 Å². The Morgan fingerprint density at radius 1 is 1.32 bits per heavy atom. The maximum Gasteiger partial charge on any atom is 0.251 e. The molecule has 134 valence electrons. The van der Waals surface area contributed by atoms with E-state index in [1.807, 2.05) is 0 Å². The molecule has 2 aromatic rings. The van der Waals surface area contributed by atoms with Crippen LogP contribution in [0.15, 0.2) is 41.3 Å². The monoisotopic (exact) mass is 348 g/mol. The van der Waals surface area contributed by atoms with Crippen molar-refractivity contribution in [1.82, 2.24) is 10.0 Å². The van der Waals surface area contributed by atoms with Crippen molar-refractivity contribution in [3.63, 3.8) is 0 Å². The van der Waals surface area contributed by atoms with Gasteiger partial charge < -0.3 is 9.30 Å². The van der Waals surface area contributed by atoms with Crippen molar-refractivity contribution < 1.29 is 19.1 Å². The average Bonchev–Trinajstić information content (AvgIpc) is 2.61. The first-order valence-electron chi connectivity index (χ1n) is 7.77. The number of ether oxygens (including phenoxy) is 1. The molecule has 1 aromatic carbocycles. The van der Waals surface area contributed by atoms with Crippen LogP contribution < -0.4 is 15.8 Å². The zero-order valence-corrected chi connectivity index (χ0v) is 14.4. The topological polar surface area (TPSA) is 80.6 Å². The fraction of sp³-hybridized carbons (Fsp3) is 0.333. The summed E-state index contributed by atoms with van der Waals surface area (Å²) in [4.78, 5) is 23.8.